The summed E-state index contributed by atoms with van der Waals surface area (Å²) < 4.78 is 0. The monoisotopic (exact) mass is 139 g/mol. The molecule has 0 heterocycles. The van der Waals surface area contributed by atoms with Gasteiger partial charge in [0, 0.05) is 6.42 Å². The van der Waals surface area contributed by atoms with Crippen LogP contribution in [0.1, 0.15) is 19.3 Å². The summed E-state index contributed by atoms with van der Waals surface area (Å²) in [5, 5.41) is 8.22. The lowest BCUT2D eigenvalue weighted by Crippen LogP contribution is -1.92. The molecule has 2 nitrogen and oxygen atoms in total. The van der Waals surface area contributed by atoms with Crippen molar-refractivity contribution in [2.75, 3.05) is 0 Å². The van der Waals surface area contributed by atoms with Gasteiger partial charge in [-0.2, -0.15) is 0 Å². The van der Waals surface area contributed by atoms with Gasteiger partial charge in [0.1, 0.15) is 0 Å². The lowest BCUT2D eigenvalue weighted by molar-refractivity contribution is -0.137. The highest BCUT2D eigenvalue weighted by Gasteiger charge is 1.93. The Morgan fingerprint density at radius 3 is 2.90 bits per heavy atom. The molecule has 1 N–H and O–H groups in total. The summed E-state index contributed by atoms with van der Waals surface area (Å²) in [5.74, 6) is -0.740. The standard InChI is InChI=1S/C8H11O2/c1-2-3-4-5-6-7-8(9)10/h3-4H,1,5-7H2,(H,9,10). The fraction of sp³-hybridized carbons (Fsp3) is 0.375. The van der Waals surface area contributed by atoms with Gasteiger partial charge in [-0.15, -0.1) is 5.73 Å². The highest BCUT2D eigenvalue weighted by molar-refractivity contribution is 5.66. The van der Waals surface area contributed by atoms with E-state index in [1.165, 1.54) is 0 Å². The van der Waals surface area contributed by atoms with Crippen LogP contribution in [0.5, 0.6) is 0 Å². The molecule has 0 saturated heterocycles. The highest BCUT2D eigenvalue weighted by atomic mass is 16.4. The maximum Gasteiger partial charge on any atom is 0.303 e. The van der Waals surface area contributed by atoms with Crippen LogP contribution < -0.4 is 0 Å². The Bertz CT molecular complexity index is 139. The van der Waals surface area contributed by atoms with Crippen molar-refractivity contribution in [1.82, 2.24) is 0 Å². The zero-order valence-corrected chi connectivity index (χ0v) is 5.84. The van der Waals surface area contributed by atoms with Crippen molar-refractivity contribution in [2.45, 2.75) is 19.3 Å². The summed E-state index contributed by atoms with van der Waals surface area (Å²) in [6, 6.07) is 0. The molecule has 10 heavy (non-hydrogen) atoms. The fourth-order valence-electron chi connectivity index (χ4n) is 0.538. The van der Waals surface area contributed by atoms with E-state index in [-0.39, 0.29) is 6.42 Å². The summed E-state index contributed by atoms with van der Waals surface area (Å²) >= 11 is 0. The van der Waals surface area contributed by atoms with E-state index in [1.807, 2.05) is 6.42 Å². The van der Waals surface area contributed by atoms with E-state index in [4.69, 9.17) is 5.11 Å². The van der Waals surface area contributed by atoms with Crippen LogP contribution in [0.2, 0.25) is 0 Å². The molecule has 0 saturated carbocycles. The molecule has 0 aromatic heterocycles. The number of hydrogen-bond donors (Lipinski definition) is 1. The third-order valence-electron chi connectivity index (χ3n) is 0.997. The Morgan fingerprint density at radius 2 is 2.40 bits per heavy atom. The normalized spacial score (nSPS) is 8.40. The first kappa shape index (κ1) is 8.99. The Hall–Kier alpha value is -1.01. The van der Waals surface area contributed by atoms with Gasteiger partial charge in [-0.1, -0.05) is 6.58 Å². The number of rotatable bonds is 5. The first-order valence-electron chi connectivity index (χ1n) is 3.17. The molecule has 0 unspecified atom stereocenters. The van der Waals surface area contributed by atoms with E-state index in [0.717, 1.165) is 6.42 Å². The van der Waals surface area contributed by atoms with Gasteiger partial charge in [0.2, 0.25) is 0 Å². The molecule has 0 rings (SSSR count). The minimum absolute atomic E-state index is 0.238. The number of carbonyl (C=O) groups is 1. The van der Waals surface area contributed by atoms with Crippen molar-refractivity contribution in [3.05, 3.63) is 24.8 Å². The maximum atomic E-state index is 9.98. The Balaban J connectivity index is 3.05. The first-order valence-corrected chi connectivity index (χ1v) is 3.17. The quantitative estimate of drug-likeness (QED) is 0.465. The second-order valence-corrected chi connectivity index (χ2v) is 1.89. The van der Waals surface area contributed by atoms with E-state index in [1.54, 1.807) is 6.08 Å². The van der Waals surface area contributed by atoms with Crippen molar-refractivity contribution >= 4 is 5.97 Å². The zero-order chi connectivity index (χ0) is 7.82. The van der Waals surface area contributed by atoms with Gasteiger partial charge in [0.05, 0.1) is 0 Å². The third-order valence-corrected chi connectivity index (χ3v) is 0.997. The number of aliphatic carboxylic acids is 1. The van der Waals surface area contributed by atoms with Crippen molar-refractivity contribution in [3.8, 4) is 0 Å². The van der Waals surface area contributed by atoms with Crippen molar-refractivity contribution in [3.63, 3.8) is 0 Å². The predicted molar refractivity (Wildman–Crippen MR) is 39.5 cm³/mol. The van der Waals surface area contributed by atoms with Crippen LogP contribution in [-0.4, -0.2) is 11.1 Å². The van der Waals surface area contributed by atoms with Crippen LogP contribution in [0, 0.1) is 6.42 Å². The fourth-order valence-corrected chi connectivity index (χ4v) is 0.538. The molecular formula is C8H11O2. The predicted octanol–water partition coefficient (Wildman–Crippen LogP) is 1.79. The molecule has 0 aromatic carbocycles. The van der Waals surface area contributed by atoms with Gasteiger partial charge in [0.15, 0.2) is 0 Å². The third kappa shape index (κ3) is 6.99. The van der Waals surface area contributed by atoms with Crippen molar-refractivity contribution < 1.29 is 9.90 Å². The van der Waals surface area contributed by atoms with Crippen molar-refractivity contribution in [1.29, 1.82) is 0 Å². The molecule has 0 bridgehead atoms. The summed E-state index contributed by atoms with van der Waals surface area (Å²) in [6.45, 7) is 3.37. The van der Waals surface area contributed by atoms with E-state index < -0.39 is 5.97 Å². The molecule has 55 valence electrons. The molecule has 1 radical (unpaired) electrons. The molecule has 0 amide bonds. The highest BCUT2D eigenvalue weighted by Crippen LogP contribution is 1.98. The topological polar surface area (TPSA) is 37.3 Å². The van der Waals surface area contributed by atoms with Gasteiger partial charge in [-0.05, 0) is 25.3 Å². The first-order chi connectivity index (χ1) is 4.77. The largest absolute Gasteiger partial charge is 0.481 e. The zero-order valence-electron chi connectivity index (χ0n) is 5.84. The van der Waals surface area contributed by atoms with Gasteiger partial charge >= 0.3 is 5.97 Å². The second-order valence-electron chi connectivity index (χ2n) is 1.89. The van der Waals surface area contributed by atoms with Crippen LogP contribution in [-0.2, 0) is 4.79 Å². The number of carboxylic acids is 1. The van der Waals surface area contributed by atoms with E-state index in [9.17, 15) is 4.79 Å². The lowest BCUT2D eigenvalue weighted by atomic mass is 10.2. The minimum atomic E-state index is -0.740. The number of carboxylic acid groups (broad SMARTS) is 1. The lowest BCUT2D eigenvalue weighted by Gasteiger charge is -1.90. The summed E-state index contributed by atoms with van der Waals surface area (Å²) in [6.07, 6.45) is 5.27. The number of hydrogen-bond acceptors (Lipinski definition) is 1. The van der Waals surface area contributed by atoms with Gasteiger partial charge in [-0.25, -0.2) is 0 Å². The van der Waals surface area contributed by atoms with Crippen LogP contribution in [0.3, 0.4) is 0 Å². The number of allylic oxidation sites excluding steroid dienone is 1. The molecule has 2 heteroatoms. The molecule has 0 fully saturated rings. The average Bonchev–Trinajstić information content (AvgIpc) is 1.87. The summed E-state index contributed by atoms with van der Waals surface area (Å²) in [5.41, 5.74) is 2.58. The summed E-state index contributed by atoms with van der Waals surface area (Å²) in [7, 11) is 0. The SMILES string of the molecule is C=C=C[CH]CCCC(=O)O. The smallest absolute Gasteiger partial charge is 0.303 e. The molecule has 0 aromatic rings. The van der Waals surface area contributed by atoms with E-state index >= 15 is 0 Å². The van der Waals surface area contributed by atoms with Crippen LogP contribution >= 0.6 is 0 Å². The molecular weight excluding hydrogens is 128 g/mol. The van der Waals surface area contributed by atoms with E-state index in [0.29, 0.717) is 6.42 Å². The van der Waals surface area contributed by atoms with Gasteiger partial charge < -0.3 is 5.11 Å². The number of unbranched alkanes of at least 4 members (excludes halogenated alkanes) is 2. The molecule has 0 aliphatic carbocycles. The molecule has 0 atom stereocenters. The van der Waals surface area contributed by atoms with E-state index in [2.05, 4.69) is 12.3 Å². The average molecular weight is 139 g/mol. The van der Waals surface area contributed by atoms with Crippen molar-refractivity contribution in [2.24, 2.45) is 0 Å². The van der Waals surface area contributed by atoms with Crippen LogP contribution in [0.25, 0.3) is 0 Å². The molecule has 0 aliphatic rings. The van der Waals surface area contributed by atoms with Crippen LogP contribution in [0.4, 0.5) is 0 Å². The van der Waals surface area contributed by atoms with Gasteiger partial charge in [-0.3, -0.25) is 4.79 Å². The summed E-state index contributed by atoms with van der Waals surface area (Å²) in [4.78, 5) is 9.98. The van der Waals surface area contributed by atoms with Gasteiger partial charge in [0.25, 0.3) is 0 Å². The Morgan fingerprint density at radius 1 is 1.70 bits per heavy atom. The molecule has 0 spiro atoms. The Labute approximate surface area is 60.9 Å². The molecule has 0 aliphatic heterocycles. The maximum absolute atomic E-state index is 9.98. The second kappa shape index (κ2) is 6.12. The van der Waals surface area contributed by atoms with Crippen LogP contribution in [0.15, 0.2) is 18.4 Å². The Kier molecular flexibility index (Phi) is 5.50. The minimum Gasteiger partial charge on any atom is -0.481 e.